The van der Waals surface area contributed by atoms with Crippen molar-refractivity contribution >= 4 is 17.2 Å². The first-order chi connectivity index (χ1) is 14.1. The maximum Gasteiger partial charge on any atom is 0.273 e. The summed E-state index contributed by atoms with van der Waals surface area (Å²) in [5.74, 6) is -0.369. The Morgan fingerprint density at radius 2 is 2.00 bits per heavy atom. The molecule has 1 N–H and O–H groups in total. The summed E-state index contributed by atoms with van der Waals surface area (Å²) >= 11 is 1.42. The molecule has 1 aromatic carbocycles. The van der Waals surface area contributed by atoms with E-state index in [1.54, 1.807) is 19.1 Å². The molecule has 0 aliphatic carbocycles. The van der Waals surface area contributed by atoms with E-state index in [0.29, 0.717) is 22.1 Å². The Morgan fingerprint density at radius 3 is 2.76 bits per heavy atom. The monoisotopic (exact) mass is 402 g/mol. The van der Waals surface area contributed by atoms with E-state index in [4.69, 9.17) is 5.26 Å². The highest BCUT2D eigenvalue weighted by Gasteiger charge is 2.14. The minimum absolute atomic E-state index is 0.168. The van der Waals surface area contributed by atoms with Crippen LogP contribution in [0.15, 0.2) is 48.7 Å². The highest BCUT2D eigenvalue weighted by molar-refractivity contribution is 7.14. The van der Waals surface area contributed by atoms with E-state index in [1.165, 1.54) is 22.2 Å². The molecule has 0 unspecified atom stereocenters. The van der Waals surface area contributed by atoms with E-state index in [-0.39, 0.29) is 18.1 Å². The topological polar surface area (TPSA) is 122 Å². The molecule has 0 fully saturated rings. The van der Waals surface area contributed by atoms with Crippen LogP contribution in [0.4, 0.5) is 0 Å². The van der Waals surface area contributed by atoms with Crippen LogP contribution in [0.3, 0.4) is 0 Å². The zero-order valence-corrected chi connectivity index (χ0v) is 16.1. The molecule has 3 heterocycles. The van der Waals surface area contributed by atoms with E-state index >= 15 is 0 Å². The van der Waals surface area contributed by atoms with Crippen molar-refractivity contribution in [2.45, 2.75) is 13.5 Å². The number of aromatic nitrogens is 6. The molecule has 4 aromatic rings. The van der Waals surface area contributed by atoms with E-state index < -0.39 is 0 Å². The summed E-state index contributed by atoms with van der Waals surface area (Å²) in [7, 11) is 0. The Bertz CT molecular complexity index is 1210. The van der Waals surface area contributed by atoms with Gasteiger partial charge in [0.25, 0.3) is 5.91 Å². The van der Waals surface area contributed by atoms with Gasteiger partial charge in [-0.1, -0.05) is 46.9 Å². The molecule has 0 bridgehead atoms. The van der Waals surface area contributed by atoms with Crippen LogP contribution in [-0.2, 0) is 6.54 Å². The minimum Gasteiger partial charge on any atom is -0.344 e. The molecule has 0 aliphatic heterocycles. The highest BCUT2D eigenvalue weighted by Crippen LogP contribution is 2.22. The average Bonchev–Trinajstić information content (AvgIpc) is 3.42. The van der Waals surface area contributed by atoms with Gasteiger partial charge in [-0.15, -0.1) is 15.3 Å². The van der Waals surface area contributed by atoms with Gasteiger partial charge in [0.2, 0.25) is 0 Å². The molecular formula is C19H14N8OS. The van der Waals surface area contributed by atoms with Gasteiger partial charge in [0.05, 0.1) is 24.1 Å². The second kappa shape index (κ2) is 7.95. The number of rotatable bonds is 5. The number of carbonyl (C=O) groups excluding carboxylic acids is 1. The standard InChI is InChI=1S/C19H14N8OS/c1-12-16(8-7-14(9-20)22-12)27-11-15(23-26-27)18(28)21-10-17-24-25-19(29-17)13-5-3-2-4-6-13/h2-8,11H,10H2,1H3,(H,21,28). The largest absolute Gasteiger partial charge is 0.344 e. The third-order valence-electron chi connectivity index (χ3n) is 4.03. The Hall–Kier alpha value is -3.97. The summed E-state index contributed by atoms with van der Waals surface area (Å²) in [4.78, 5) is 16.6. The number of aryl methyl sites for hydroxylation is 1. The lowest BCUT2D eigenvalue weighted by atomic mass is 10.2. The summed E-state index contributed by atoms with van der Waals surface area (Å²) in [6.45, 7) is 2.00. The van der Waals surface area contributed by atoms with Gasteiger partial charge >= 0.3 is 0 Å². The Kier molecular flexibility index (Phi) is 5.05. The van der Waals surface area contributed by atoms with Crippen LogP contribution in [0.5, 0.6) is 0 Å². The molecule has 10 heteroatoms. The third-order valence-corrected chi connectivity index (χ3v) is 5.01. The summed E-state index contributed by atoms with van der Waals surface area (Å²) in [5, 5.41) is 29.3. The van der Waals surface area contributed by atoms with Crippen molar-refractivity contribution in [3.05, 3.63) is 70.8 Å². The van der Waals surface area contributed by atoms with Crippen LogP contribution in [-0.4, -0.2) is 36.1 Å². The van der Waals surface area contributed by atoms with E-state index in [1.807, 2.05) is 36.4 Å². The molecule has 4 rings (SSSR count). The molecule has 0 aliphatic rings. The molecule has 0 spiro atoms. The van der Waals surface area contributed by atoms with Crippen LogP contribution in [0.2, 0.25) is 0 Å². The fraction of sp³-hybridized carbons (Fsp3) is 0.105. The highest BCUT2D eigenvalue weighted by atomic mass is 32.1. The predicted molar refractivity (Wildman–Crippen MR) is 105 cm³/mol. The number of pyridine rings is 1. The number of benzene rings is 1. The van der Waals surface area contributed by atoms with Gasteiger partial charge in [-0.3, -0.25) is 4.79 Å². The first-order valence-corrected chi connectivity index (χ1v) is 9.42. The number of hydrogen-bond acceptors (Lipinski definition) is 8. The van der Waals surface area contributed by atoms with Crippen molar-refractivity contribution in [2.24, 2.45) is 0 Å². The van der Waals surface area contributed by atoms with Gasteiger partial charge < -0.3 is 5.32 Å². The van der Waals surface area contributed by atoms with Crippen molar-refractivity contribution in [2.75, 3.05) is 0 Å². The molecule has 29 heavy (non-hydrogen) atoms. The second-order valence-corrected chi connectivity index (χ2v) is 7.07. The number of hydrogen-bond donors (Lipinski definition) is 1. The number of nitrogens with zero attached hydrogens (tertiary/aromatic N) is 7. The molecule has 9 nitrogen and oxygen atoms in total. The average molecular weight is 402 g/mol. The van der Waals surface area contributed by atoms with Crippen molar-refractivity contribution in [1.29, 1.82) is 5.26 Å². The second-order valence-electron chi connectivity index (χ2n) is 6.01. The first kappa shape index (κ1) is 18.4. The summed E-state index contributed by atoms with van der Waals surface area (Å²) < 4.78 is 1.46. The molecule has 0 radical (unpaired) electrons. The summed E-state index contributed by atoms with van der Waals surface area (Å²) in [6, 6.07) is 15.0. The minimum atomic E-state index is -0.369. The van der Waals surface area contributed by atoms with Gasteiger partial charge in [0.1, 0.15) is 21.8 Å². The van der Waals surface area contributed by atoms with Crippen LogP contribution < -0.4 is 5.32 Å². The van der Waals surface area contributed by atoms with Crippen LogP contribution in [0.25, 0.3) is 16.3 Å². The van der Waals surface area contributed by atoms with Crippen molar-refractivity contribution in [3.63, 3.8) is 0 Å². The Balaban J connectivity index is 1.43. The maximum atomic E-state index is 12.4. The quantitative estimate of drug-likeness (QED) is 0.543. The smallest absolute Gasteiger partial charge is 0.273 e. The molecular weight excluding hydrogens is 388 g/mol. The van der Waals surface area contributed by atoms with Gasteiger partial charge in [-0.25, -0.2) is 9.67 Å². The van der Waals surface area contributed by atoms with Crippen LogP contribution >= 0.6 is 11.3 Å². The van der Waals surface area contributed by atoms with E-state index in [9.17, 15) is 4.79 Å². The fourth-order valence-corrected chi connectivity index (χ4v) is 3.40. The lowest BCUT2D eigenvalue weighted by Gasteiger charge is -2.03. The molecule has 0 atom stereocenters. The molecule has 0 saturated carbocycles. The Labute approximate surface area is 169 Å². The number of nitriles is 1. The van der Waals surface area contributed by atoms with E-state index in [2.05, 4.69) is 30.8 Å². The zero-order valence-electron chi connectivity index (χ0n) is 15.3. The molecule has 0 saturated heterocycles. The summed E-state index contributed by atoms with van der Waals surface area (Å²) in [6.07, 6.45) is 1.51. The number of amides is 1. The number of carbonyl (C=O) groups is 1. The van der Waals surface area contributed by atoms with Gasteiger partial charge in [0, 0.05) is 5.56 Å². The SMILES string of the molecule is Cc1nc(C#N)ccc1-n1cc(C(=O)NCc2nnc(-c3ccccc3)s2)nn1. The zero-order chi connectivity index (χ0) is 20.2. The van der Waals surface area contributed by atoms with Crippen molar-refractivity contribution < 1.29 is 4.79 Å². The lowest BCUT2D eigenvalue weighted by molar-refractivity contribution is 0.0945. The fourth-order valence-electron chi connectivity index (χ4n) is 2.61. The van der Waals surface area contributed by atoms with Crippen LogP contribution in [0.1, 0.15) is 26.9 Å². The third kappa shape index (κ3) is 3.99. The summed E-state index contributed by atoms with van der Waals surface area (Å²) in [5.41, 5.74) is 2.73. The Morgan fingerprint density at radius 1 is 1.17 bits per heavy atom. The van der Waals surface area contributed by atoms with Gasteiger partial charge in [0.15, 0.2) is 5.69 Å². The molecule has 3 aromatic heterocycles. The van der Waals surface area contributed by atoms with Gasteiger partial charge in [-0.2, -0.15) is 5.26 Å². The van der Waals surface area contributed by atoms with E-state index in [0.717, 1.165) is 10.6 Å². The predicted octanol–water partition coefficient (Wildman–Crippen LogP) is 2.29. The van der Waals surface area contributed by atoms with Crippen molar-refractivity contribution in [1.82, 2.24) is 35.5 Å². The lowest BCUT2D eigenvalue weighted by Crippen LogP contribution is -2.23. The van der Waals surface area contributed by atoms with Gasteiger partial charge in [-0.05, 0) is 19.1 Å². The van der Waals surface area contributed by atoms with Crippen molar-refractivity contribution in [3.8, 4) is 22.3 Å². The normalized spacial score (nSPS) is 10.5. The molecule has 142 valence electrons. The van der Waals surface area contributed by atoms with Crippen LogP contribution in [0, 0.1) is 18.3 Å². The number of nitrogens with one attached hydrogen (secondary N) is 1. The first-order valence-electron chi connectivity index (χ1n) is 8.60. The molecule has 1 amide bonds. The maximum absolute atomic E-state index is 12.4.